The summed E-state index contributed by atoms with van der Waals surface area (Å²) in [4.78, 5) is 27.6. The molecule has 0 aromatic heterocycles. The molecule has 260 valence electrons. The van der Waals surface area contributed by atoms with Crippen LogP contribution in [0.15, 0.2) is 24.3 Å². The minimum absolute atomic E-state index is 0.0213. The largest absolute Gasteiger partial charge is 0.461 e. The van der Waals surface area contributed by atoms with Gasteiger partial charge in [-0.1, -0.05) is 78.7 Å². The average molecular weight is 645 g/mol. The van der Waals surface area contributed by atoms with Crippen molar-refractivity contribution in [3.8, 4) is 0 Å². The van der Waals surface area contributed by atoms with Gasteiger partial charge in [0.05, 0.1) is 0 Å². The van der Waals surface area contributed by atoms with Crippen LogP contribution in [0.25, 0.3) is 0 Å². The summed E-state index contributed by atoms with van der Waals surface area (Å²) < 4.78 is 13.1. The van der Waals surface area contributed by atoms with Crippen LogP contribution in [0.3, 0.4) is 0 Å². The zero-order valence-corrected chi connectivity index (χ0v) is 30.7. The van der Waals surface area contributed by atoms with Crippen LogP contribution >= 0.6 is 0 Å². The van der Waals surface area contributed by atoms with Gasteiger partial charge in [0.2, 0.25) is 0 Å². The van der Waals surface area contributed by atoms with Crippen molar-refractivity contribution < 1.29 is 19.1 Å². The third-order valence-corrected chi connectivity index (χ3v) is 17.7. The van der Waals surface area contributed by atoms with E-state index in [4.69, 9.17) is 9.47 Å². The zero-order valence-electron chi connectivity index (χ0n) is 30.7. The van der Waals surface area contributed by atoms with Crippen molar-refractivity contribution in [1.82, 2.24) is 0 Å². The molecule has 4 nitrogen and oxygen atoms in total. The fourth-order valence-corrected chi connectivity index (χ4v) is 16.3. The first kappa shape index (κ1) is 32.6. The first-order valence-electron chi connectivity index (χ1n) is 19.8. The summed E-state index contributed by atoms with van der Waals surface area (Å²) in [6, 6.07) is 0. The van der Waals surface area contributed by atoms with Gasteiger partial charge in [-0.25, -0.2) is 0 Å². The number of ether oxygens (including phenoxy) is 2. The number of carbonyl (C=O) groups is 2. The zero-order chi connectivity index (χ0) is 33.4. The van der Waals surface area contributed by atoms with E-state index < -0.39 is 0 Å². The van der Waals surface area contributed by atoms with Gasteiger partial charge in [0.25, 0.3) is 0 Å². The van der Waals surface area contributed by atoms with E-state index in [-0.39, 0.29) is 64.1 Å². The first-order chi connectivity index (χ1) is 22.1. The lowest BCUT2D eigenvalue weighted by Gasteiger charge is -2.65. The van der Waals surface area contributed by atoms with Crippen molar-refractivity contribution in [2.45, 2.75) is 163 Å². The van der Waals surface area contributed by atoms with Crippen molar-refractivity contribution in [1.29, 1.82) is 0 Å². The average Bonchev–Trinajstić information content (AvgIpc) is 3.20. The monoisotopic (exact) mass is 644 g/mol. The summed E-state index contributed by atoms with van der Waals surface area (Å²) in [6.07, 6.45) is 18.4. The summed E-state index contributed by atoms with van der Waals surface area (Å²) >= 11 is 0. The Hall–Kier alpha value is -1.58. The molecular formula is C43H64O4. The van der Waals surface area contributed by atoms with Crippen LogP contribution in [-0.4, -0.2) is 24.1 Å². The topological polar surface area (TPSA) is 52.6 Å². The Balaban J connectivity index is 0.992. The van der Waals surface area contributed by atoms with Crippen molar-refractivity contribution in [3.05, 3.63) is 24.3 Å². The molecule has 47 heavy (non-hydrogen) atoms. The quantitative estimate of drug-likeness (QED) is 0.174. The first-order valence-corrected chi connectivity index (χ1v) is 19.8. The third kappa shape index (κ3) is 4.42. The SMILES string of the molecule is C=C1CC23CCC4C(C)(C)CCCC4(C)C2CCC1C3OC(=O)CC(=O)OC1C2CCC3C4(C)CCCC(C)(C)C4CCC13CC2=C. The number of hydrogen-bond acceptors (Lipinski definition) is 4. The van der Waals surface area contributed by atoms with Crippen LogP contribution in [0.5, 0.6) is 0 Å². The lowest BCUT2D eigenvalue weighted by Crippen LogP contribution is -2.60. The highest BCUT2D eigenvalue weighted by molar-refractivity contribution is 5.91. The summed E-state index contributed by atoms with van der Waals surface area (Å²) in [5.41, 5.74) is 3.80. The molecule has 8 aliphatic carbocycles. The normalized spacial score (nSPS) is 50.4. The molecule has 4 heteroatoms. The van der Waals surface area contributed by atoms with E-state index in [0.29, 0.717) is 22.7 Å². The number of rotatable bonds is 4. The summed E-state index contributed by atoms with van der Waals surface area (Å²) in [7, 11) is 0. The molecule has 2 spiro atoms. The molecular weight excluding hydrogens is 580 g/mol. The molecule has 8 rings (SSSR count). The molecule has 4 bridgehead atoms. The molecule has 0 heterocycles. The highest BCUT2D eigenvalue weighted by Crippen LogP contribution is 2.74. The molecule has 8 aliphatic rings. The van der Waals surface area contributed by atoms with Gasteiger partial charge in [-0.3, -0.25) is 9.59 Å². The van der Waals surface area contributed by atoms with Gasteiger partial charge in [-0.2, -0.15) is 0 Å². The van der Waals surface area contributed by atoms with E-state index in [2.05, 4.69) is 54.7 Å². The van der Waals surface area contributed by atoms with Gasteiger partial charge >= 0.3 is 11.9 Å². The Labute approximate surface area is 285 Å². The maximum Gasteiger partial charge on any atom is 0.317 e. The Kier molecular flexibility index (Phi) is 7.27. The van der Waals surface area contributed by atoms with Crippen molar-refractivity contribution in [3.63, 3.8) is 0 Å². The molecule has 0 aliphatic heterocycles. The molecule has 0 saturated heterocycles. The van der Waals surface area contributed by atoms with E-state index in [9.17, 15) is 9.59 Å². The van der Waals surface area contributed by atoms with Crippen molar-refractivity contribution >= 4 is 11.9 Å². The second-order valence-corrected chi connectivity index (χ2v) is 20.5. The van der Waals surface area contributed by atoms with Gasteiger partial charge in [0.1, 0.15) is 18.6 Å². The minimum atomic E-state index is -0.378. The molecule has 0 radical (unpaired) electrons. The Morgan fingerprint density at radius 2 is 0.979 bits per heavy atom. The second kappa shape index (κ2) is 10.5. The fraction of sp³-hybridized carbons (Fsp3) is 0.860. The van der Waals surface area contributed by atoms with Crippen LogP contribution in [0.2, 0.25) is 0 Å². The molecule has 8 fully saturated rings. The summed E-state index contributed by atoms with van der Waals surface area (Å²) in [5.74, 6) is 2.25. The highest BCUT2D eigenvalue weighted by Gasteiger charge is 2.69. The maximum absolute atomic E-state index is 13.8. The van der Waals surface area contributed by atoms with Gasteiger partial charge in [0.15, 0.2) is 0 Å². The smallest absolute Gasteiger partial charge is 0.317 e. The van der Waals surface area contributed by atoms with E-state index >= 15 is 0 Å². The fourth-order valence-electron chi connectivity index (χ4n) is 16.3. The number of carbonyl (C=O) groups excluding carboxylic acids is 2. The van der Waals surface area contributed by atoms with Crippen LogP contribution in [0, 0.1) is 68.0 Å². The lowest BCUT2D eigenvalue weighted by atomic mass is 9.41. The van der Waals surface area contributed by atoms with Crippen LogP contribution < -0.4 is 0 Å². The van der Waals surface area contributed by atoms with Gasteiger partial charge < -0.3 is 9.47 Å². The number of esters is 2. The van der Waals surface area contributed by atoms with E-state index in [1.54, 1.807) is 0 Å². The van der Waals surface area contributed by atoms with Crippen molar-refractivity contribution in [2.75, 3.05) is 0 Å². The highest BCUT2D eigenvalue weighted by atomic mass is 16.6. The Morgan fingerprint density at radius 3 is 1.38 bits per heavy atom. The van der Waals surface area contributed by atoms with E-state index in [0.717, 1.165) is 50.4 Å². The third-order valence-electron chi connectivity index (χ3n) is 17.7. The Bertz CT molecular complexity index is 1270. The standard InChI is InChI=1S/C43H64O4/c1-26-24-42-21-15-30-38(3,4)17-9-19-40(30,7)32(42)13-11-28(26)36(42)46-34(44)23-35(45)47-37-29-12-14-33-41(8)20-10-18-39(5,6)31(41)16-22-43(33,37)25-27(29)2/h28-33,36-37H,1-2,9-25H2,3-8H3. The van der Waals surface area contributed by atoms with Crippen molar-refractivity contribution in [2.24, 2.45) is 68.0 Å². The van der Waals surface area contributed by atoms with Crippen LogP contribution in [0.4, 0.5) is 0 Å². The van der Waals surface area contributed by atoms with E-state index in [1.807, 2.05) is 0 Å². The lowest BCUT2D eigenvalue weighted by molar-refractivity contribution is -0.207. The predicted octanol–water partition coefficient (Wildman–Crippen LogP) is 10.4. The van der Waals surface area contributed by atoms with Gasteiger partial charge in [-0.15, -0.1) is 0 Å². The maximum atomic E-state index is 13.8. The van der Waals surface area contributed by atoms with E-state index in [1.165, 1.54) is 75.4 Å². The molecule has 0 aromatic carbocycles. The van der Waals surface area contributed by atoms with Crippen LogP contribution in [0.1, 0.15) is 151 Å². The summed E-state index contributed by atoms with van der Waals surface area (Å²) in [5, 5.41) is 0. The molecule has 8 saturated carbocycles. The second-order valence-electron chi connectivity index (χ2n) is 20.5. The van der Waals surface area contributed by atoms with Gasteiger partial charge in [0, 0.05) is 22.7 Å². The molecule has 12 atom stereocenters. The Morgan fingerprint density at radius 1 is 0.574 bits per heavy atom. The van der Waals surface area contributed by atoms with Gasteiger partial charge in [-0.05, 0) is 135 Å². The minimum Gasteiger partial charge on any atom is -0.461 e. The molecule has 12 unspecified atom stereocenters. The summed E-state index contributed by atoms with van der Waals surface area (Å²) in [6.45, 7) is 24.2. The predicted molar refractivity (Wildman–Crippen MR) is 186 cm³/mol. The van der Waals surface area contributed by atoms with Crippen LogP contribution in [-0.2, 0) is 19.1 Å². The number of fused-ring (bicyclic) bond motifs is 6. The molecule has 0 N–H and O–H groups in total. The number of hydrogen-bond donors (Lipinski definition) is 0. The molecule has 0 aromatic rings. The molecule has 0 amide bonds.